The summed E-state index contributed by atoms with van der Waals surface area (Å²) in [6.45, 7) is 3.88. The molecule has 1 atom stereocenters. The van der Waals surface area contributed by atoms with Crippen LogP contribution in [-0.4, -0.2) is 18.4 Å². The molecule has 0 saturated carbocycles. The number of amides is 2. The number of halogens is 2. The first-order valence-corrected chi connectivity index (χ1v) is 9.15. The lowest BCUT2D eigenvalue weighted by Crippen LogP contribution is -2.33. The largest absolute Gasteiger partial charge is 0.356 e. The van der Waals surface area contributed by atoms with Gasteiger partial charge in [-0.05, 0) is 30.5 Å². The summed E-state index contributed by atoms with van der Waals surface area (Å²) in [5.41, 5.74) is 2.91. The lowest BCUT2D eigenvalue weighted by molar-refractivity contribution is -0.122. The van der Waals surface area contributed by atoms with Gasteiger partial charge in [0.05, 0.1) is 22.5 Å². The number of nitrogens with one attached hydrogen (secondary N) is 2. The van der Waals surface area contributed by atoms with Crippen molar-refractivity contribution in [3.63, 3.8) is 0 Å². The first-order chi connectivity index (χ1) is 12.4. The van der Waals surface area contributed by atoms with Crippen LogP contribution in [0.25, 0.3) is 0 Å². The van der Waals surface area contributed by atoms with Gasteiger partial charge in [0.25, 0.3) is 0 Å². The van der Waals surface area contributed by atoms with Gasteiger partial charge >= 0.3 is 0 Å². The Labute approximate surface area is 163 Å². The van der Waals surface area contributed by atoms with Crippen LogP contribution in [0.15, 0.2) is 42.5 Å². The number of carbonyl (C=O) groups is 2. The van der Waals surface area contributed by atoms with E-state index in [-0.39, 0.29) is 24.3 Å². The second kappa shape index (κ2) is 9.60. The third kappa shape index (κ3) is 6.04. The maximum Gasteiger partial charge on any atom is 0.222 e. The molecule has 2 aromatic rings. The summed E-state index contributed by atoms with van der Waals surface area (Å²) < 4.78 is 0. The van der Waals surface area contributed by atoms with Crippen LogP contribution in [0, 0.1) is 6.92 Å². The van der Waals surface area contributed by atoms with E-state index < -0.39 is 0 Å². The molecule has 0 radical (unpaired) electrons. The molecule has 0 bridgehead atoms. The van der Waals surface area contributed by atoms with Crippen LogP contribution < -0.4 is 10.6 Å². The van der Waals surface area contributed by atoms with Gasteiger partial charge in [-0.1, -0.05) is 65.2 Å². The van der Waals surface area contributed by atoms with Crippen molar-refractivity contribution >= 4 is 35.0 Å². The Morgan fingerprint density at radius 3 is 2.42 bits per heavy atom. The minimum atomic E-state index is -0.358. The van der Waals surface area contributed by atoms with Crippen molar-refractivity contribution in [2.75, 3.05) is 6.54 Å². The van der Waals surface area contributed by atoms with E-state index in [2.05, 4.69) is 10.6 Å². The Bertz CT molecular complexity index is 776. The van der Waals surface area contributed by atoms with Gasteiger partial charge in [0.1, 0.15) is 0 Å². The van der Waals surface area contributed by atoms with E-state index >= 15 is 0 Å². The molecule has 2 rings (SSSR count). The molecule has 2 N–H and O–H groups in total. The van der Waals surface area contributed by atoms with E-state index in [1.807, 2.05) is 43.3 Å². The highest BCUT2D eigenvalue weighted by atomic mass is 35.5. The molecule has 1 unspecified atom stereocenters. The van der Waals surface area contributed by atoms with Gasteiger partial charge in [0, 0.05) is 13.5 Å². The summed E-state index contributed by atoms with van der Waals surface area (Å²) in [6, 6.07) is 12.9. The zero-order valence-electron chi connectivity index (χ0n) is 14.8. The highest BCUT2D eigenvalue weighted by Crippen LogP contribution is 2.25. The van der Waals surface area contributed by atoms with Gasteiger partial charge in [-0.2, -0.15) is 0 Å². The Hall–Kier alpha value is -2.04. The summed E-state index contributed by atoms with van der Waals surface area (Å²) in [5, 5.41) is 6.72. The van der Waals surface area contributed by atoms with E-state index in [9.17, 15) is 9.59 Å². The summed E-state index contributed by atoms with van der Waals surface area (Å²) in [4.78, 5) is 23.8. The molecule has 0 aliphatic heterocycles. The summed E-state index contributed by atoms with van der Waals surface area (Å²) in [7, 11) is 0. The standard InChI is InChI=1S/C20H22Cl2N2O2/c1-13-6-8-15(9-7-13)18(24-14(2)25)12-19(26)23-11-10-16-4-3-5-17(21)20(16)22/h3-9,18H,10-12H2,1-2H3,(H,23,26)(H,24,25). The Morgan fingerprint density at radius 2 is 1.77 bits per heavy atom. The van der Waals surface area contributed by atoms with Gasteiger partial charge in [-0.3, -0.25) is 9.59 Å². The fourth-order valence-corrected chi connectivity index (χ4v) is 3.05. The van der Waals surface area contributed by atoms with Crippen molar-refractivity contribution in [1.29, 1.82) is 0 Å². The van der Waals surface area contributed by atoms with E-state index in [0.717, 1.165) is 16.7 Å². The van der Waals surface area contributed by atoms with Gasteiger partial charge in [-0.25, -0.2) is 0 Å². The average Bonchev–Trinajstić information content (AvgIpc) is 2.58. The molecule has 0 saturated heterocycles. The van der Waals surface area contributed by atoms with Crippen molar-refractivity contribution in [3.8, 4) is 0 Å². The van der Waals surface area contributed by atoms with Gasteiger partial charge in [0.15, 0.2) is 0 Å². The van der Waals surface area contributed by atoms with Crippen LogP contribution in [0.5, 0.6) is 0 Å². The van der Waals surface area contributed by atoms with Crippen LogP contribution >= 0.6 is 23.2 Å². The molecular formula is C20H22Cl2N2O2. The second-order valence-corrected chi connectivity index (χ2v) is 6.97. The molecule has 0 aliphatic rings. The number of hydrogen-bond acceptors (Lipinski definition) is 2. The number of hydrogen-bond donors (Lipinski definition) is 2. The molecule has 0 heterocycles. The molecule has 6 heteroatoms. The second-order valence-electron chi connectivity index (χ2n) is 6.18. The lowest BCUT2D eigenvalue weighted by atomic mass is 10.0. The van der Waals surface area contributed by atoms with Gasteiger partial charge < -0.3 is 10.6 Å². The molecule has 138 valence electrons. The average molecular weight is 393 g/mol. The van der Waals surface area contributed by atoms with Crippen LogP contribution in [0.2, 0.25) is 10.0 Å². The lowest BCUT2D eigenvalue weighted by Gasteiger charge is -2.18. The highest BCUT2D eigenvalue weighted by molar-refractivity contribution is 6.42. The van der Waals surface area contributed by atoms with E-state index in [0.29, 0.717) is 23.0 Å². The monoisotopic (exact) mass is 392 g/mol. The molecular weight excluding hydrogens is 371 g/mol. The molecule has 2 aromatic carbocycles. The van der Waals surface area contributed by atoms with Crippen molar-refractivity contribution < 1.29 is 9.59 Å². The molecule has 0 aliphatic carbocycles. The zero-order valence-corrected chi connectivity index (χ0v) is 16.3. The Balaban J connectivity index is 1.93. The zero-order chi connectivity index (χ0) is 19.1. The molecule has 4 nitrogen and oxygen atoms in total. The number of carbonyl (C=O) groups excluding carboxylic acids is 2. The summed E-state index contributed by atoms with van der Waals surface area (Å²) >= 11 is 12.1. The summed E-state index contributed by atoms with van der Waals surface area (Å²) in [5.74, 6) is -0.309. The van der Waals surface area contributed by atoms with Crippen molar-refractivity contribution in [2.24, 2.45) is 0 Å². The van der Waals surface area contributed by atoms with Crippen LogP contribution in [0.4, 0.5) is 0 Å². The van der Waals surface area contributed by atoms with Gasteiger partial charge in [-0.15, -0.1) is 0 Å². The minimum Gasteiger partial charge on any atom is -0.356 e. The Morgan fingerprint density at radius 1 is 1.08 bits per heavy atom. The van der Waals surface area contributed by atoms with E-state index in [1.54, 1.807) is 6.07 Å². The topological polar surface area (TPSA) is 58.2 Å². The summed E-state index contributed by atoms with van der Waals surface area (Å²) in [6.07, 6.45) is 0.756. The third-order valence-electron chi connectivity index (χ3n) is 3.99. The smallest absolute Gasteiger partial charge is 0.222 e. The normalized spacial score (nSPS) is 11.7. The SMILES string of the molecule is CC(=O)NC(CC(=O)NCCc1cccc(Cl)c1Cl)c1ccc(C)cc1. The minimum absolute atomic E-state index is 0.137. The maximum absolute atomic E-state index is 12.3. The molecule has 26 heavy (non-hydrogen) atoms. The van der Waals surface area contributed by atoms with Crippen molar-refractivity contribution in [3.05, 3.63) is 69.2 Å². The molecule has 0 fully saturated rings. The third-order valence-corrected chi connectivity index (χ3v) is 4.85. The van der Waals surface area contributed by atoms with E-state index in [4.69, 9.17) is 23.2 Å². The first kappa shape index (κ1) is 20.3. The molecule has 0 spiro atoms. The highest BCUT2D eigenvalue weighted by Gasteiger charge is 2.17. The van der Waals surface area contributed by atoms with Crippen LogP contribution in [0.1, 0.15) is 36.1 Å². The van der Waals surface area contributed by atoms with Crippen LogP contribution in [-0.2, 0) is 16.0 Å². The van der Waals surface area contributed by atoms with Crippen molar-refractivity contribution in [2.45, 2.75) is 32.7 Å². The maximum atomic E-state index is 12.3. The first-order valence-electron chi connectivity index (χ1n) is 8.40. The number of aryl methyl sites for hydroxylation is 1. The molecule has 0 aromatic heterocycles. The quantitative estimate of drug-likeness (QED) is 0.740. The van der Waals surface area contributed by atoms with E-state index in [1.165, 1.54) is 6.92 Å². The number of benzene rings is 2. The predicted molar refractivity (Wildman–Crippen MR) is 106 cm³/mol. The van der Waals surface area contributed by atoms with Crippen LogP contribution in [0.3, 0.4) is 0 Å². The fourth-order valence-electron chi connectivity index (χ4n) is 2.63. The fraction of sp³-hybridized carbons (Fsp3) is 0.300. The number of rotatable bonds is 7. The van der Waals surface area contributed by atoms with Crippen molar-refractivity contribution in [1.82, 2.24) is 10.6 Å². The van der Waals surface area contributed by atoms with Gasteiger partial charge in [0.2, 0.25) is 11.8 Å². The molecule has 2 amide bonds. The predicted octanol–water partition coefficient (Wildman–Crippen LogP) is 4.23. The Kier molecular flexibility index (Phi) is 7.49.